The van der Waals surface area contributed by atoms with Crippen LogP contribution in [-0.2, 0) is 9.47 Å². The maximum Gasteiger partial charge on any atom is 0.213 e. The number of hydrogen-bond acceptors (Lipinski definition) is 4. The first-order valence-corrected chi connectivity index (χ1v) is 6.86. The average Bonchev–Trinajstić information content (AvgIpc) is 2.37. The highest BCUT2D eigenvalue weighted by molar-refractivity contribution is 4.85. The molecule has 0 aromatic rings. The van der Waals surface area contributed by atoms with E-state index in [2.05, 4.69) is 20.8 Å². The van der Waals surface area contributed by atoms with Gasteiger partial charge in [0, 0.05) is 7.11 Å². The molecule has 1 rings (SSSR count). The fourth-order valence-corrected chi connectivity index (χ4v) is 2.52. The quantitative estimate of drug-likeness (QED) is 0.717. The molecule has 0 bridgehead atoms. The minimum atomic E-state index is -1.57. The molecule has 4 heteroatoms. The van der Waals surface area contributed by atoms with Crippen LogP contribution < -0.4 is 0 Å². The van der Waals surface area contributed by atoms with Crippen molar-refractivity contribution in [2.24, 2.45) is 11.8 Å². The first-order chi connectivity index (χ1) is 8.34. The lowest BCUT2D eigenvalue weighted by Crippen LogP contribution is -2.45. The number of aliphatic hydroxyl groups excluding tert-OH is 1. The van der Waals surface area contributed by atoms with Gasteiger partial charge in [-0.15, -0.1) is 0 Å². The van der Waals surface area contributed by atoms with Crippen molar-refractivity contribution in [3.8, 4) is 0 Å². The summed E-state index contributed by atoms with van der Waals surface area (Å²) in [7, 11) is 1.37. The third kappa shape index (κ3) is 4.19. The molecule has 0 spiro atoms. The van der Waals surface area contributed by atoms with Crippen LogP contribution in [-0.4, -0.2) is 41.9 Å². The highest BCUT2D eigenvalue weighted by Crippen LogP contribution is 2.38. The van der Waals surface area contributed by atoms with Crippen LogP contribution in [0.3, 0.4) is 0 Å². The first kappa shape index (κ1) is 15.9. The fraction of sp³-hybridized carbons (Fsp3) is 1.00. The van der Waals surface area contributed by atoms with E-state index in [9.17, 15) is 5.11 Å². The molecule has 0 aliphatic heterocycles. The SMILES string of the molecule is COC(O)(CO)COC1(C)CCC(C(C)C)CC1. The molecule has 1 atom stereocenters. The lowest BCUT2D eigenvalue weighted by molar-refractivity contribution is -0.255. The molecule has 0 radical (unpaired) electrons. The second-order valence-electron chi connectivity index (χ2n) is 6.13. The Morgan fingerprint density at radius 1 is 1.33 bits per heavy atom. The van der Waals surface area contributed by atoms with Crippen LogP contribution in [0.25, 0.3) is 0 Å². The number of rotatable bonds is 6. The summed E-state index contributed by atoms with van der Waals surface area (Å²) in [6.07, 6.45) is 4.33. The average molecular weight is 260 g/mol. The fourth-order valence-electron chi connectivity index (χ4n) is 2.52. The zero-order valence-corrected chi connectivity index (χ0v) is 12.1. The van der Waals surface area contributed by atoms with Gasteiger partial charge in [0.25, 0.3) is 0 Å². The predicted octanol–water partition coefficient (Wildman–Crippen LogP) is 1.94. The summed E-state index contributed by atoms with van der Waals surface area (Å²) < 4.78 is 10.7. The molecule has 1 unspecified atom stereocenters. The van der Waals surface area contributed by atoms with Crippen LogP contribution >= 0.6 is 0 Å². The molecule has 0 amide bonds. The van der Waals surface area contributed by atoms with Crippen molar-refractivity contribution in [1.29, 1.82) is 0 Å². The van der Waals surface area contributed by atoms with Gasteiger partial charge < -0.3 is 19.7 Å². The zero-order chi connectivity index (χ0) is 13.8. The molecule has 0 aromatic carbocycles. The van der Waals surface area contributed by atoms with Gasteiger partial charge in [-0.05, 0) is 44.4 Å². The molecule has 2 N–H and O–H groups in total. The minimum absolute atomic E-state index is 0.0167. The van der Waals surface area contributed by atoms with Crippen molar-refractivity contribution in [1.82, 2.24) is 0 Å². The number of hydrogen-bond donors (Lipinski definition) is 2. The normalized spacial score (nSPS) is 32.5. The van der Waals surface area contributed by atoms with E-state index in [0.717, 1.165) is 24.7 Å². The van der Waals surface area contributed by atoms with E-state index in [4.69, 9.17) is 14.6 Å². The largest absolute Gasteiger partial charge is 0.391 e. The smallest absolute Gasteiger partial charge is 0.213 e. The van der Waals surface area contributed by atoms with Crippen LogP contribution in [0, 0.1) is 11.8 Å². The molecule has 0 saturated heterocycles. The van der Waals surface area contributed by atoms with Gasteiger partial charge >= 0.3 is 0 Å². The van der Waals surface area contributed by atoms with Gasteiger partial charge in [0.05, 0.1) is 12.2 Å². The standard InChI is InChI=1S/C14H28O4/c1-11(2)12-5-7-13(3,8-6-12)18-10-14(16,9-15)17-4/h11-12,15-16H,5-10H2,1-4H3. The van der Waals surface area contributed by atoms with Gasteiger partial charge in [-0.25, -0.2) is 0 Å². The number of aliphatic hydroxyl groups is 2. The summed E-state index contributed by atoms with van der Waals surface area (Å²) in [5, 5.41) is 18.9. The van der Waals surface area contributed by atoms with E-state index in [-0.39, 0.29) is 12.2 Å². The van der Waals surface area contributed by atoms with Gasteiger partial charge in [-0.2, -0.15) is 0 Å². The van der Waals surface area contributed by atoms with Crippen molar-refractivity contribution >= 4 is 0 Å². The Morgan fingerprint density at radius 2 is 1.89 bits per heavy atom. The molecule has 1 aliphatic rings. The zero-order valence-electron chi connectivity index (χ0n) is 12.1. The van der Waals surface area contributed by atoms with Crippen molar-refractivity contribution < 1.29 is 19.7 Å². The Kier molecular flexibility index (Phi) is 5.59. The lowest BCUT2D eigenvalue weighted by Gasteiger charge is -2.40. The monoisotopic (exact) mass is 260 g/mol. The summed E-state index contributed by atoms with van der Waals surface area (Å²) in [5.41, 5.74) is -0.201. The summed E-state index contributed by atoms with van der Waals surface area (Å²) in [4.78, 5) is 0. The van der Waals surface area contributed by atoms with Crippen molar-refractivity contribution in [3.05, 3.63) is 0 Å². The Morgan fingerprint density at radius 3 is 2.28 bits per heavy atom. The third-order valence-electron chi connectivity index (χ3n) is 4.30. The Hall–Kier alpha value is -0.160. The van der Waals surface area contributed by atoms with Gasteiger partial charge in [-0.3, -0.25) is 0 Å². The van der Waals surface area contributed by atoms with Gasteiger partial charge in [0.15, 0.2) is 0 Å². The van der Waals surface area contributed by atoms with Crippen molar-refractivity contribution in [2.45, 2.75) is 57.8 Å². The van der Waals surface area contributed by atoms with Crippen LogP contribution in [0.4, 0.5) is 0 Å². The van der Waals surface area contributed by atoms with Crippen LogP contribution in [0.15, 0.2) is 0 Å². The third-order valence-corrected chi connectivity index (χ3v) is 4.30. The van der Waals surface area contributed by atoms with E-state index < -0.39 is 12.4 Å². The van der Waals surface area contributed by atoms with Crippen LogP contribution in [0.1, 0.15) is 46.5 Å². The van der Waals surface area contributed by atoms with E-state index >= 15 is 0 Å². The lowest BCUT2D eigenvalue weighted by atomic mass is 9.75. The van der Waals surface area contributed by atoms with Gasteiger partial charge in [0.2, 0.25) is 5.79 Å². The molecule has 0 aromatic heterocycles. The van der Waals surface area contributed by atoms with Crippen LogP contribution in [0.2, 0.25) is 0 Å². The Labute approximate surface area is 110 Å². The molecule has 0 heterocycles. The minimum Gasteiger partial charge on any atom is -0.391 e. The second kappa shape index (κ2) is 6.33. The molecular formula is C14H28O4. The maximum absolute atomic E-state index is 9.82. The topological polar surface area (TPSA) is 58.9 Å². The summed E-state index contributed by atoms with van der Waals surface area (Å²) in [5.74, 6) is -0.0681. The van der Waals surface area contributed by atoms with Crippen molar-refractivity contribution in [3.63, 3.8) is 0 Å². The molecule has 18 heavy (non-hydrogen) atoms. The van der Waals surface area contributed by atoms with Crippen molar-refractivity contribution in [2.75, 3.05) is 20.3 Å². The molecule has 108 valence electrons. The van der Waals surface area contributed by atoms with Crippen LogP contribution in [0.5, 0.6) is 0 Å². The summed E-state index contributed by atoms with van der Waals surface area (Å²) in [6.45, 7) is 6.18. The molecular weight excluding hydrogens is 232 g/mol. The van der Waals surface area contributed by atoms with Gasteiger partial charge in [-0.1, -0.05) is 13.8 Å². The predicted molar refractivity (Wildman–Crippen MR) is 70.2 cm³/mol. The van der Waals surface area contributed by atoms with E-state index in [0.29, 0.717) is 0 Å². The maximum atomic E-state index is 9.82. The Balaban J connectivity index is 2.43. The Bertz CT molecular complexity index is 240. The van der Waals surface area contributed by atoms with Gasteiger partial charge in [0.1, 0.15) is 6.61 Å². The number of ether oxygens (including phenoxy) is 2. The first-order valence-electron chi connectivity index (χ1n) is 6.86. The summed E-state index contributed by atoms with van der Waals surface area (Å²) in [6, 6.07) is 0. The second-order valence-corrected chi connectivity index (χ2v) is 6.13. The molecule has 4 nitrogen and oxygen atoms in total. The highest BCUT2D eigenvalue weighted by Gasteiger charge is 2.36. The number of methoxy groups -OCH3 is 1. The summed E-state index contributed by atoms with van der Waals surface area (Å²) >= 11 is 0. The van der Waals surface area contributed by atoms with E-state index in [1.165, 1.54) is 20.0 Å². The highest BCUT2D eigenvalue weighted by atomic mass is 16.7. The van der Waals surface area contributed by atoms with E-state index in [1.807, 2.05) is 0 Å². The molecule has 1 saturated carbocycles. The molecule has 1 aliphatic carbocycles. The molecule has 1 fully saturated rings. The van der Waals surface area contributed by atoms with E-state index in [1.54, 1.807) is 0 Å².